The Hall–Kier alpha value is -2.70. The molecule has 1 amide bonds. The fraction of sp³-hybridized carbons (Fsp3) is 0.368. The van der Waals surface area contributed by atoms with E-state index in [9.17, 15) is 13.2 Å². The minimum atomic E-state index is -3.56. The molecule has 0 spiro atoms. The molecule has 1 aliphatic rings. The van der Waals surface area contributed by atoms with Gasteiger partial charge < -0.3 is 14.3 Å². The van der Waals surface area contributed by atoms with Crippen LogP contribution >= 0.6 is 11.8 Å². The summed E-state index contributed by atoms with van der Waals surface area (Å²) in [6, 6.07) is 8.06. The predicted octanol–water partition coefficient (Wildman–Crippen LogP) is 2.94. The van der Waals surface area contributed by atoms with Gasteiger partial charge in [-0.05, 0) is 38.0 Å². The summed E-state index contributed by atoms with van der Waals surface area (Å²) in [4.78, 5) is 12.2. The Bertz CT molecular complexity index is 1170. The molecular weight excluding hydrogens is 442 g/mol. The van der Waals surface area contributed by atoms with Crippen LogP contribution in [0.1, 0.15) is 25.0 Å². The van der Waals surface area contributed by atoms with Crippen molar-refractivity contribution >= 4 is 33.5 Å². The summed E-state index contributed by atoms with van der Waals surface area (Å²) in [6.07, 6.45) is 2.78. The van der Waals surface area contributed by atoms with Crippen molar-refractivity contribution < 1.29 is 22.2 Å². The topological polar surface area (TPSA) is 131 Å². The standard InChI is InChI=1S/C19H21N5O5S2/c1-13-10-16(23-29-13)20-17(25)12-30-19-22-21-18(28-19)14-6-5-7-15(11-14)31(26,27)24-8-3-2-4-9-24/h5-7,10-11H,2-4,8-9,12H2,1H3,(H,20,23,25). The van der Waals surface area contributed by atoms with Crippen LogP contribution in [0, 0.1) is 6.92 Å². The van der Waals surface area contributed by atoms with Gasteiger partial charge in [0.1, 0.15) is 5.76 Å². The molecule has 164 valence electrons. The molecule has 0 saturated carbocycles. The number of sulfonamides is 1. The third kappa shape index (κ3) is 5.14. The molecule has 0 unspecified atom stereocenters. The molecule has 1 N–H and O–H groups in total. The maximum atomic E-state index is 12.9. The highest BCUT2D eigenvalue weighted by Gasteiger charge is 2.26. The summed E-state index contributed by atoms with van der Waals surface area (Å²) >= 11 is 1.07. The van der Waals surface area contributed by atoms with Crippen LogP contribution in [-0.2, 0) is 14.8 Å². The lowest BCUT2D eigenvalue weighted by molar-refractivity contribution is -0.113. The van der Waals surface area contributed by atoms with E-state index in [0.717, 1.165) is 31.0 Å². The van der Waals surface area contributed by atoms with Crippen LogP contribution in [0.4, 0.5) is 5.82 Å². The molecular formula is C19H21N5O5S2. The highest BCUT2D eigenvalue weighted by Crippen LogP contribution is 2.27. The van der Waals surface area contributed by atoms with Gasteiger partial charge in [-0.3, -0.25) is 4.79 Å². The first kappa shape index (κ1) is 21.5. The fourth-order valence-electron chi connectivity index (χ4n) is 3.16. The van der Waals surface area contributed by atoms with E-state index in [4.69, 9.17) is 8.94 Å². The number of hydrogen-bond donors (Lipinski definition) is 1. The number of piperidine rings is 1. The van der Waals surface area contributed by atoms with Crippen molar-refractivity contribution in [1.82, 2.24) is 19.7 Å². The molecule has 2 aromatic heterocycles. The number of anilines is 1. The lowest BCUT2D eigenvalue weighted by atomic mass is 10.2. The van der Waals surface area contributed by atoms with Crippen molar-refractivity contribution in [1.29, 1.82) is 0 Å². The van der Waals surface area contributed by atoms with Crippen molar-refractivity contribution in [2.75, 3.05) is 24.2 Å². The first-order valence-corrected chi connectivity index (χ1v) is 12.1. The van der Waals surface area contributed by atoms with E-state index in [-0.39, 0.29) is 27.7 Å². The molecule has 10 nitrogen and oxygen atoms in total. The quantitative estimate of drug-likeness (QED) is 0.525. The monoisotopic (exact) mass is 463 g/mol. The van der Waals surface area contributed by atoms with Crippen LogP contribution in [0.3, 0.4) is 0 Å². The Morgan fingerprint density at radius 1 is 1.19 bits per heavy atom. The Morgan fingerprint density at radius 2 is 2.00 bits per heavy atom. The lowest BCUT2D eigenvalue weighted by Gasteiger charge is -2.25. The number of hydrogen-bond acceptors (Lipinski definition) is 9. The maximum absolute atomic E-state index is 12.9. The maximum Gasteiger partial charge on any atom is 0.277 e. The van der Waals surface area contributed by atoms with Crippen LogP contribution in [0.2, 0.25) is 0 Å². The van der Waals surface area contributed by atoms with Gasteiger partial charge in [0.2, 0.25) is 21.8 Å². The number of amides is 1. The Kier molecular flexibility index (Phi) is 6.39. The van der Waals surface area contributed by atoms with Crippen LogP contribution in [0.15, 0.2) is 49.4 Å². The van der Waals surface area contributed by atoms with Gasteiger partial charge >= 0.3 is 0 Å². The molecule has 0 bridgehead atoms. The Morgan fingerprint density at radius 3 is 2.74 bits per heavy atom. The number of nitrogens with one attached hydrogen (secondary N) is 1. The summed E-state index contributed by atoms with van der Waals surface area (Å²) in [5.74, 6) is 0.852. The van der Waals surface area contributed by atoms with E-state index in [0.29, 0.717) is 30.2 Å². The second-order valence-corrected chi connectivity index (χ2v) is 9.89. The van der Waals surface area contributed by atoms with Crippen LogP contribution in [0.5, 0.6) is 0 Å². The number of carbonyl (C=O) groups excluding carboxylic acids is 1. The predicted molar refractivity (Wildman–Crippen MR) is 113 cm³/mol. The molecule has 3 aromatic rings. The van der Waals surface area contributed by atoms with Gasteiger partial charge in [-0.25, -0.2) is 8.42 Å². The number of rotatable bonds is 7. The Balaban J connectivity index is 1.41. The second kappa shape index (κ2) is 9.20. The molecule has 1 fully saturated rings. The van der Waals surface area contributed by atoms with E-state index in [2.05, 4.69) is 20.7 Å². The normalized spacial score (nSPS) is 15.1. The largest absolute Gasteiger partial charge is 0.411 e. The number of nitrogens with zero attached hydrogens (tertiary/aromatic N) is 4. The highest BCUT2D eigenvalue weighted by molar-refractivity contribution is 7.99. The molecule has 1 aliphatic heterocycles. The second-order valence-electron chi connectivity index (χ2n) is 7.03. The number of thioether (sulfide) groups is 1. The first-order chi connectivity index (χ1) is 14.9. The SMILES string of the molecule is Cc1cc(NC(=O)CSc2nnc(-c3cccc(S(=O)(=O)N4CCCCC4)c3)o2)no1. The number of aryl methyl sites for hydroxylation is 1. The zero-order valence-corrected chi connectivity index (χ0v) is 18.4. The first-order valence-electron chi connectivity index (χ1n) is 9.72. The summed E-state index contributed by atoms with van der Waals surface area (Å²) in [6.45, 7) is 2.79. The van der Waals surface area contributed by atoms with Crippen LogP contribution in [0.25, 0.3) is 11.5 Å². The van der Waals surface area contributed by atoms with Gasteiger partial charge in [0.15, 0.2) is 5.82 Å². The smallest absolute Gasteiger partial charge is 0.277 e. The van der Waals surface area contributed by atoms with Gasteiger partial charge in [0.25, 0.3) is 5.22 Å². The third-order valence-corrected chi connectivity index (χ3v) is 7.38. The van der Waals surface area contributed by atoms with Crippen molar-refractivity contribution in [3.8, 4) is 11.5 Å². The zero-order valence-electron chi connectivity index (χ0n) is 16.8. The molecule has 0 aliphatic carbocycles. The van der Waals surface area contributed by atoms with Gasteiger partial charge in [-0.2, -0.15) is 4.31 Å². The molecule has 0 atom stereocenters. The van der Waals surface area contributed by atoms with E-state index in [1.807, 2.05) is 0 Å². The van der Waals surface area contributed by atoms with Gasteiger partial charge in [0.05, 0.1) is 10.6 Å². The molecule has 1 aromatic carbocycles. The van der Waals surface area contributed by atoms with E-state index >= 15 is 0 Å². The summed E-state index contributed by atoms with van der Waals surface area (Å²) < 4.78 is 37.8. The lowest BCUT2D eigenvalue weighted by Crippen LogP contribution is -2.35. The van der Waals surface area contributed by atoms with Gasteiger partial charge in [-0.1, -0.05) is 29.4 Å². The molecule has 0 radical (unpaired) electrons. The molecule has 1 saturated heterocycles. The fourth-order valence-corrected chi connectivity index (χ4v) is 5.29. The average Bonchev–Trinajstić information content (AvgIpc) is 3.42. The Labute approximate surface area is 183 Å². The number of carbonyl (C=O) groups is 1. The van der Waals surface area contributed by atoms with Crippen molar-refractivity contribution in [2.24, 2.45) is 0 Å². The minimum Gasteiger partial charge on any atom is -0.411 e. The van der Waals surface area contributed by atoms with E-state index < -0.39 is 10.0 Å². The number of benzene rings is 1. The highest BCUT2D eigenvalue weighted by atomic mass is 32.2. The van der Waals surface area contributed by atoms with E-state index in [1.165, 1.54) is 10.4 Å². The van der Waals surface area contributed by atoms with E-state index in [1.54, 1.807) is 31.2 Å². The van der Waals surface area contributed by atoms with Gasteiger partial charge in [-0.15, -0.1) is 10.2 Å². The van der Waals surface area contributed by atoms with Crippen LogP contribution in [-0.4, -0.2) is 52.8 Å². The zero-order chi connectivity index (χ0) is 21.8. The van der Waals surface area contributed by atoms with Crippen molar-refractivity contribution in [2.45, 2.75) is 36.3 Å². The van der Waals surface area contributed by atoms with Gasteiger partial charge in [0, 0.05) is 24.7 Å². The summed E-state index contributed by atoms with van der Waals surface area (Å²) in [7, 11) is -3.56. The average molecular weight is 464 g/mol. The third-order valence-electron chi connectivity index (χ3n) is 4.66. The minimum absolute atomic E-state index is 0.0386. The molecule has 4 rings (SSSR count). The summed E-state index contributed by atoms with van der Waals surface area (Å²) in [5.41, 5.74) is 0.500. The molecule has 3 heterocycles. The molecule has 12 heteroatoms. The molecule has 31 heavy (non-hydrogen) atoms. The number of aromatic nitrogens is 3. The van der Waals surface area contributed by atoms with Crippen LogP contribution < -0.4 is 5.32 Å². The summed E-state index contributed by atoms with van der Waals surface area (Å²) in [5, 5.41) is 14.4. The van der Waals surface area contributed by atoms with Crippen molar-refractivity contribution in [3.63, 3.8) is 0 Å². The van der Waals surface area contributed by atoms with Crippen molar-refractivity contribution in [3.05, 3.63) is 36.1 Å².